The van der Waals surface area contributed by atoms with Crippen molar-refractivity contribution in [2.45, 2.75) is 31.7 Å². The van der Waals surface area contributed by atoms with E-state index in [1.54, 1.807) is 0 Å². The first-order valence-corrected chi connectivity index (χ1v) is 7.10. The Morgan fingerprint density at radius 3 is 2.62 bits per heavy atom. The first kappa shape index (κ1) is 14.1. The van der Waals surface area contributed by atoms with Gasteiger partial charge in [-0.3, -0.25) is 4.79 Å². The molecule has 1 unspecified atom stereocenters. The van der Waals surface area contributed by atoms with Gasteiger partial charge < -0.3 is 10.6 Å². The van der Waals surface area contributed by atoms with Crippen molar-refractivity contribution < 1.29 is 4.79 Å². The van der Waals surface area contributed by atoms with Gasteiger partial charge in [0.2, 0.25) is 5.91 Å². The zero-order valence-corrected chi connectivity index (χ0v) is 11.2. The number of hydrogen-bond acceptors (Lipinski definition) is 3. The highest BCUT2D eigenvalue weighted by atomic mass is 35.5. The van der Waals surface area contributed by atoms with Crippen molar-refractivity contribution in [3.8, 4) is 0 Å². The summed E-state index contributed by atoms with van der Waals surface area (Å²) in [5.41, 5.74) is 0. The second kappa shape index (κ2) is 7.41. The molecule has 2 N–H and O–H groups in total. The molecule has 0 aromatic rings. The van der Waals surface area contributed by atoms with Gasteiger partial charge in [0.15, 0.2) is 0 Å². The Hall–Kier alpha value is 0.0700. The SMILES string of the molecule is Cl.O=C(NC1CCSCC1)C1CCCNC1. The van der Waals surface area contributed by atoms with Crippen LogP contribution in [-0.4, -0.2) is 36.5 Å². The van der Waals surface area contributed by atoms with Gasteiger partial charge in [0.05, 0.1) is 5.92 Å². The lowest BCUT2D eigenvalue weighted by molar-refractivity contribution is -0.126. The normalized spacial score (nSPS) is 26.9. The first-order valence-electron chi connectivity index (χ1n) is 5.95. The van der Waals surface area contributed by atoms with E-state index in [1.165, 1.54) is 11.5 Å². The molecule has 3 nitrogen and oxygen atoms in total. The molecule has 94 valence electrons. The Balaban J connectivity index is 0.00000128. The second-order valence-electron chi connectivity index (χ2n) is 4.44. The lowest BCUT2D eigenvalue weighted by atomic mass is 9.98. The van der Waals surface area contributed by atoms with Crippen molar-refractivity contribution in [3.05, 3.63) is 0 Å². The van der Waals surface area contributed by atoms with Crippen molar-refractivity contribution in [1.29, 1.82) is 0 Å². The van der Waals surface area contributed by atoms with E-state index in [4.69, 9.17) is 0 Å². The van der Waals surface area contributed by atoms with Gasteiger partial charge in [-0.2, -0.15) is 11.8 Å². The highest BCUT2D eigenvalue weighted by Gasteiger charge is 2.23. The van der Waals surface area contributed by atoms with Crippen molar-refractivity contribution in [3.63, 3.8) is 0 Å². The summed E-state index contributed by atoms with van der Waals surface area (Å²) >= 11 is 2.00. The molecule has 1 amide bonds. The molecule has 2 rings (SSSR count). The van der Waals surface area contributed by atoms with Gasteiger partial charge in [0.1, 0.15) is 0 Å². The molecule has 0 spiro atoms. The number of amides is 1. The van der Waals surface area contributed by atoms with Gasteiger partial charge in [0, 0.05) is 12.6 Å². The molecule has 16 heavy (non-hydrogen) atoms. The maximum atomic E-state index is 11.9. The molecule has 0 aliphatic carbocycles. The molecule has 2 aliphatic heterocycles. The molecule has 0 aromatic heterocycles. The maximum Gasteiger partial charge on any atom is 0.224 e. The van der Waals surface area contributed by atoms with E-state index in [2.05, 4.69) is 10.6 Å². The van der Waals surface area contributed by atoms with Crippen LogP contribution in [0.2, 0.25) is 0 Å². The molecule has 2 heterocycles. The third-order valence-corrected chi connectivity index (χ3v) is 4.28. The van der Waals surface area contributed by atoms with Crippen LogP contribution >= 0.6 is 24.2 Å². The lowest BCUT2D eigenvalue weighted by Gasteiger charge is -2.27. The molecule has 0 saturated carbocycles. The van der Waals surface area contributed by atoms with Crippen molar-refractivity contribution in [2.24, 2.45) is 5.92 Å². The number of halogens is 1. The van der Waals surface area contributed by atoms with E-state index < -0.39 is 0 Å². The lowest BCUT2D eigenvalue weighted by Crippen LogP contribution is -2.45. The third kappa shape index (κ3) is 4.15. The molecule has 5 heteroatoms. The number of carbonyl (C=O) groups is 1. The van der Waals surface area contributed by atoms with Gasteiger partial charge in [-0.05, 0) is 43.7 Å². The summed E-state index contributed by atoms with van der Waals surface area (Å²) < 4.78 is 0. The zero-order valence-electron chi connectivity index (χ0n) is 9.54. The average molecular weight is 265 g/mol. The Bertz CT molecular complexity index is 216. The quantitative estimate of drug-likeness (QED) is 0.793. The number of thioether (sulfide) groups is 1. The summed E-state index contributed by atoms with van der Waals surface area (Å²) in [5.74, 6) is 2.90. The topological polar surface area (TPSA) is 41.1 Å². The molecule has 1 atom stereocenters. The van der Waals surface area contributed by atoms with Crippen LogP contribution < -0.4 is 10.6 Å². The molecular formula is C11H21ClN2OS. The maximum absolute atomic E-state index is 11.9. The Kier molecular flexibility index (Phi) is 6.54. The fourth-order valence-corrected chi connectivity index (χ4v) is 3.34. The van der Waals surface area contributed by atoms with Crippen molar-refractivity contribution in [2.75, 3.05) is 24.6 Å². The fraction of sp³-hybridized carbons (Fsp3) is 0.909. The number of hydrogen-bond donors (Lipinski definition) is 2. The van der Waals surface area contributed by atoms with Crippen LogP contribution in [0.5, 0.6) is 0 Å². The molecule has 0 aromatic carbocycles. The summed E-state index contributed by atoms with van der Waals surface area (Å²) in [7, 11) is 0. The third-order valence-electron chi connectivity index (χ3n) is 3.24. The van der Waals surface area contributed by atoms with Crippen LogP contribution in [-0.2, 0) is 4.79 Å². The second-order valence-corrected chi connectivity index (χ2v) is 5.66. The molecular weight excluding hydrogens is 244 g/mol. The largest absolute Gasteiger partial charge is 0.353 e. The molecule has 0 radical (unpaired) electrons. The van der Waals surface area contributed by atoms with E-state index in [-0.39, 0.29) is 24.2 Å². The number of piperidine rings is 1. The van der Waals surface area contributed by atoms with Crippen LogP contribution in [0.3, 0.4) is 0 Å². The molecule has 0 bridgehead atoms. The monoisotopic (exact) mass is 264 g/mol. The summed E-state index contributed by atoms with van der Waals surface area (Å²) in [5, 5.41) is 6.48. The Morgan fingerprint density at radius 2 is 2.00 bits per heavy atom. The summed E-state index contributed by atoms with van der Waals surface area (Å²) in [6, 6.07) is 0.445. The minimum atomic E-state index is 0. The van der Waals surface area contributed by atoms with Crippen LogP contribution in [0.1, 0.15) is 25.7 Å². The van der Waals surface area contributed by atoms with E-state index in [9.17, 15) is 4.79 Å². The first-order chi connectivity index (χ1) is 7.36. The van der Waals surface area contributed by atoms with E-state index in [1.807, 2.05) is 11.8 Å². The zero-order chi connectivity index (χ0) is 10.5. The van der Waals surface area contributed by atoms with Gasteiger partial charge in [-0.25, -0.2) is 0 Å². The molecule has 2 fully saturated rings. The Labute approximate surface area is 108 Å². The smallest absolute Gasteiger partial charge is 0.224 e. The van der Waals surface area contributed by atoms with E-state index in [0.29, 0.717) is 6.04 Å². The summed E-state index contributed by atoms with van der Waals surface area (Å²) in [6.45, 7) is 1.94. The molecule has 2 aliphatic rings. The minimum Gasteiger partial charge on any atom is -0.353 e. The van der Waals surface area contributed by atoms with Crippen LogP contribution in [0.15, 0.2) is 0 Å². The van der Waals surface area contributed by atoms with Crippen LogP contribution in [0.25, 0.3) is 0 Å². The summed E-state index contributed by atoms with van der Waals surface area (Å²) in [4.78, 5) is 11.9. The highest BCUT2D eigenvalue weighted by Crippen LogP contribution is 2.18. The van der Waals surface area contributed by atoms with E-state index in [0.717, 1.165) is 38.8 Å². The van der Waals surface area contributed by atoms with Gasteiger partial charge in [0.25, 0.3) is 0 Å². The number of rotatable bonds is 2. The minimum absolute atomic E-state index is 0. The fourth-order valence-electron chi connectivity index (χ4n) is 2.24. The van der Waals surface area contributed by atoms with Gasteiger partial charge in [-0.15, -0.1) is 12.4 Å². The Morgan fingerprint density at radius 1 is 1.25 bits per heavy atom. The number of nitrogens with one attached hydrogen (secondary N) is 2. The summed E-state index contributed by atoms with van der Waals surface area (Å²) in [6.07, 6.45) is 4.49. The van der Waals surface area contributed by atoms with Crippen LogP contribution in [0, 0.1) is 5.92 Å². The van der Waals surface area contributed by atoms with E-state index >= 15 is 0 Å². The standard InChI is InChI=1S/C11H20N2OS.ClH/c14-11(9-2-1-5-12-8-9)13-10-3-6-15-7-4-10;/h9-10,12H,1-8H2,(H,13,14);1H. The van der Waals surface area contributed by atoms with Crippen LogP contribution in [0.4, 0.5) is 0 Å². The van der Waals surface area contributed by atoms with Crippen molar-refractivity contribution in [1.82, 2.24) is 10.6 Å². The molecule has 2 saturated heterocycles. The van der Waals surface area contributed by atoms with Gasteiger partial charge in [-0.1, -0.05) is 0 Å². The number of carbonyl (C=O) groups excluding carboxylic acids is 1. The van der Waals surface area contributed by atoms with Gasteiger partial charge >= 0.3 is 0 Å². The predicted octanol–water partition coefficient (Wildman–Crippen LogP) is 1.42. The predicted molar refractivity (Wildman–Crippen MR) is 71.3 cm³/mol. The van der Waals surface area contributed by atoms with Crippen molar-refractivity contribution >= 4 is 30.1 Å². The average Bonchev–Trinajstić information content (AvgIpc) is 2.31. The highest BCUT2D eigenvalue weighted by molar-refractivity contribution is 7.99.